The van der Waals surface area contributed by atoms with Crippen molar-refractivity contribution in [2.45, 2.75) is 26.2 Å². The van der Waals surface area contributed by atoms with Gasteiger partial charge in [-0.25, -0.2) is 0 Å². The van der Waals surface area contributed by atoms with E-state index in [1.54, 1.807) is 0 Å². The SMILES string of the molecule is CC(C)(C)c1ccccc1Nc1ccc(C#N)cc1Br. The van der Waals surface area contributed by atoms with E-state index >= 15 is 0 Å². The molecule has 0 atom stereocenters. The summed E-state index contributed by atoms with van der Waals surface area (Å²) in [5, 5.41) is 12.3. The van der Waals surface area contributed by atoms with Gasteiger partial charge < -0.3 is 5.32 Å². The lowest BCUT2D eigenvalue weighted by Gasteiger charge is -2.23. The van der Waals surface area contributed by atoms with Crippen LogP contribution in [0.3, 0.4) is 0 Å². The Morgan fingerprint density at radius 2 is 1.75 bits per heavy atom. The number of nitrogens with zero attached hydrogens (tertiary/aromatic N) is 1. The van der Waals surface area contributed by atoms with Gasteiger partial charge in [-0.05, 0) is 51.2 Å². The molecule has 2 aromatic rings. The fraction of sp³-hybridized carbons (Fsp3) is 0.235. The molecule has 0 aliphatic rings. The van der Waals surface area contributed by atoms with Crippen molar-refractivity contribution in [3.8, 4) is 6.07 Å². The molecule has 2 aromatic carbocycles. The lowest BCUT2D eigenvalue weighted by molar-refractivity contribution is 0.592. The van der Waals surface area contributed by atoms with Gasteiger partial charge in [-0.2, -0.15) is 5.26 Å². The Morgan fingerprint density at radius 1 is 1.05 bits per heavy atom. The molecule has 0 heterocycles. The number of halogens is 1. The zero-order valence-electron chi connectivity index (χ0n) is 11.9. The summed E-state index contributed by atoms with van der Waals surface area (Å²) in [6.45, 7) is 6.59. The minimum atomic E-state index is 0.0721. The van der Waals surface area contributed by atoms with Crippen molar-refractivity contribution < 1.29 is 0 Å². The van der Waals surface area contributed by atoms with E-state index in [1.165, 1.54) is 5.56 Å². The molecule has 102 valence electrons. The summed E-state index contributed by atoms with van der Waals surface area (Å²) >= 11 is 3.51. The van der Waals surface area contributed by atoms with Crippen LogP contribution in [0.4, 0.5) is 11.4 Å². The minimum Gasteiger partial charge on any atom is -0.354 e. The van der Waals surface area contributed by atoms with Gasteiger partial charge in [0.05, 0.1) is 17.3 Å². The van der Waals surface area contributed by atoms with Crippen molar-refractivity contribution in [2.75, 3.05) is 5.32 Å². The Hall–Kier alpha value is -1.79. The van der Waals surface area contributed by atoms with Crippen LogP contribution in [0.2, 0.25) is 0 Å². The van der Waals surface area contributed by atoms with Gasteiger partial charge in [-0.3, -0.25) is 0 Å². The van der Waals surface area contributed by atoms with Gasteiger partial charge in [0.2, 0.25) is 0 Å². The third kappa shape index (κ3) is 3.20. The van der Waals surface area contributed by atoms with Crippen LogP contribution in [-0.2, 0) is 5.41 Å². The molecule has 0 amide bonds. The van der Waals surface area contributed by atoms with Gasteiger partial charge in [0.1, 0.15) is 0 Å². The molecule has 0 bridgehead atoms. The second kappa shape index (κ2) is 5.68. The van der Waals surface area contributed by atoms with E-state index in [2.05, 4.69) is 66.3 Å². The van der Waals surface area contributed by atoms with Crippen LogP contribution in [-0.4, -0.2) is 0 Å². The summed E-state index contributed by atoms with van der Waals surface area (Å²) < 4.78 is 0.889. The molecule has 20 heavy (non-hydrogen) atoms. The maximum atomic E-state index is 8.90. The van der Waals surface area contributed by atoms with E-state index in [4.69, 9.17) is 5.26 Å². The second-order valence-corrected chi connectivity index (χ2v) is 6.58. The van der Waals surface area contributed by atoms with Crippen LogP contribution < -0.4 is 5.32 Å². The lowest BCUT2D eigenvalue weighted by Crippen LogP contribution is -2.13. The third-order valence-corrected chi connectivity index (χ3v) is 3.76. The first-order valence-corrected chi connectivity index (χ1v) is 7.27. The number of benzene rings is 2. The molecule has 2 nitrogen and oxygen atoms in total. The first kappa shape index (κ1) is 14.6. The average molecular weight is 329 g/mol. The normalized spacial score (nSPS) is 10.9. The summed E-state index contributed by atoms with van der Waals surface area (Å²) in [6, 6.07) is 16.0. The summed E-state index contributed by atoms with van der Waals surface area (Å²) in [5.41, 5.74) is 4.02. The van der Waals surface area contributed by atoms with E-state index in [1.807, 2.05) is 24.3 Å². The average Bonchev–Trinajstić information content (AvgIpc) is 2.40. The van der Waals surface area contributed by atoms with Crippen LogP contribution in [0, 0.1) is 11.3 Å². The van der Waals surface area contributed by atoms with Crippen LogP contribution >= 0.6 is 15.9 Å². The fourth-order valence-corrected chi connectivity index (χ4v) is 2.56. The van der Waals surface area contributed by atoms with Gasteiger partial charge in [0, 0.05) is 10.2 Å². The summed E-state index contributed by atoms with van der Waals surface area (Å²) in [5.74, 6) is 0. The highest BCUT2D eigenvalue weighted by Crippen LogP contribution is 2.33. The monoisotopic (exact) mass is 328 g/mol. The number of para-hydroxylation sites is 1. The zero-order valence-corrected chi connectivity index (χ0v) is 13.5. The first-order chi connectivity index (χ1) is 9.41. The van der Waals surface area contributed by atoms with Crippen LogP contribution in [0.5, 0.6) is 0 Å². The van der Waals surface area contributed by atoms with Crippen LogP contribution in [0.25, 0.3) is 0 Å². The number of hydrogen-bond donors (Lipinski definition) is 1. The molecule has 0 aliphatic carbocycles. The Kier molecular flexibility index (Phi) is 4.15. The smallest absolute Gasteiger partial charge is 0.0992 e. The highest BCUT2D eigenvalue weighted by Gasteiger charge is 2.17. The van der Waals surface area contributed by atoms with Crippen molar-refractivity contribution in [3.63, 3.8) is 0 Å². The van der Waals surface area contributed by atoms with Crippen molar-refractivity contribution in [1.29, 1.82) is 5.26 Å². The van der Waals surface area contributed by atoms with E-state index in [-0.39, 0.29) is 5.41 Å². The second-order valence-electron chi connectivity index (χ2n) is 5.73. The summed E-state index contributed by atoms with van der Waals surface area (Å²) in [7, 11) is 0. The van der Waals surface area contributed by atoms with E-state index in [9.17, 15) is 0 Å². The van der Waals surface area contributed by atoms with Gasteiger partial charge in [-0.15, -0.1) is 0 Å². The van der Waals surface area contributed by atoms with E-state index < -0.39 is 0 Å². The van der Waals surface area contributed by atoms with Crippen molar-refractivity contribution in [1.82, 2.24) is 0 Å². The third-order valence-electron chi connectivity index (χ3n) is 3.10. The number of rotatable bonds is 2. The molecule has 0 aromatic heterocycles. The quantitative estimate of drug-likeness (QED) is 0.805. The standard InChI is InChI=1S/C17H17BrN2/c1-17(2,3)13-6-4-5-7-15(13)20-16-9-8-12(11-19)10-14(16)18/h4-10,20H,1-3H3. The fourth-order valence-electron chi connectivity index (χ4n) is 2.08. The molecule has 0 saturated heterocycles. The predicted molar refractivity (Wildman–Crippen MR) is 87.3 cm³/mol. The molecule has 0 saturated carbocycles. The Morgan fingerprint density at radius 3 is 2.35 bits per heavy atom. The molecular formula is C17H17BrN2. The van der Waals surface area contributed by atoms with E-state index in [0.717, 1.165) is 15.8 Å². The number of anilines is 2. The van der Waals surface area contributed by atoms with Gasteiger partial charge in [0.15, 0.2) is 0 Å². The van der Waals surface area contributed by atoms with Crippen molar-refractivity contribution in [3.05, 3.63) is 58.1 Å². The molecule has 0 fully saturated rings. The van der Waals surface area contributed by atoms with Gasteiger partial charge in [0.25, 0.3) is 0 Å². The van der Waals surface area contributed by atoms with E-state index in [0.29, 0.717) is 5.56 Å². The largest absolute Gasteiger partial charge is 0.354 e. The molecule has 0 unspecified atom stereocenters. The van der Waals surface area contributed by atoms with Crippen molar-refractivity contribution in [2.24, 2.45) is 0 Å². The highest BCUT2D eigenvalue weighted by molar-refractivity contribution is 9.10. The Balaban J connectivity index is 2.39. The minimum absolute atomic E-state index is 0.0721. The topological polar surface area (TPSA) is 35.8 Å². The zero-order chi connectivity index (χ0) is 14.8. The number of hydrogen-bond acceptors (Lipinski definition) is 2. The van der Waals surface area contributed by atoms with Gasteiger partial charge in [-0.1, -0.05) is 39.0 Å². The molecule has 2 rings (SSSR count). The van der Waals surface area contributed by atoms with Gasteiger partial charge >= 0.3 is 0 Å². The molecule has 1 N–H and O–H groups in total. The van der Waals surface area contributed by atoms with Crippen molar-refractivity contribution >= 4 is 27.3 Å². The molecule has 0 radical (unpaired) electrons. The maximum Gasteiger partial charge on any atom is 0.0992 e. The number of nitriles is 1. The van der Waals surface area contributed by atoms with Crippen LogP contribution in [0.1, 0.15) is 31.9 Å². The predicted octanol–water partition coefficient (Wildman–Crippen LogP) is 5.36. The Bertz CT molecular complexity index is 663. The van der Waals surface area contributed by atoms with Crippen LogP contribution in [0.15, 0.2) is 46.9 Å². The molecular weight excluding hydrogens is 312 g/mol. The summed E-state index contributed by atoms with van der Waals surface area (Å²) in [6.07, 6.45) is 0. The highest BCUT2D eigenvalue weighted by atomic mass is 79.9. The molecule has 0 aliphatic heterocycles. The first-order valence-electron chi connectivity index (χ1n) is 6.48. The maximum absolute atomic E-state index is 8.90. The number of nitrogens with one attached hydrogen (secondary N) is 1. The molecule has 0 spiro atoms. The Labute approximate surface area is 128 Å². The summed E-state index contributed by atoms with van der Waals surface area (Å²) in [4.78, 5) is 0. The molecule has 3 heteroatoms. The lowest BCUT2D eigenvalue weighted by atomic mass is 9.86.